The van der Waals surface area contributed by atoms with Gasteiger partial charge in [-0.1, -0.05) is 38.1 Å². The van der Waals surface area contributed by atoms with Crippen molar-refractivity contribution in [3.8, 4) is 0 Å². The lowest BCUT2D eigenvalue weighted by Gasteiger charge is -2.15. The Bertz CT molecular complexity index is 1350. The van der Waals surface area contributed by atoms with Crippen LogP contribution in [-0.2, 0) is 20.5 Å². The standard InChI is InChI=1S/C24H25N2O/c1-14(2)13-18-17-11-12-25(4)24(17)26(5)22-20-15(3)9-10-16-7-6-8-19(21(16)20)27-23(18)22/h6-12,14H,13H2,1-5H3/q+1. The molecular weight excluding hydrogens is 332 g/mol. The van der Waals surface area contributed by atoms with Gasteiger partial charge in [0.25, 0.3) is 5.65 Å². The van der Waals surface area contributed by atoms with Gasteiger partial charge in [0.15, 0.2) is 11.1 Å². The Balaban J connectivity index is 2.15. The summed E-state index contributed by atoms with van der Waals surface area (Å²) in [6.45, 7) is 6.76. The van der Waals surface area contributed by atoms with E-state index >= 15 is 0 Å². The van der Waals surface area contributed by atoms with Gasteiger partial charge in [0.2, 0.25) is 0 Å². The van der Waals surface area contributed by atoms with Gasteiger partial charge in [-0.15, -0.1) is 0 Å². The summed E-state index contributed by atoms with van der Waals surface area (Å²) in [7, 11) is 4.29. The van der Waals surface area contributed by atoms with Crippen molar-refractivity contribution >= 4 is 43.9 Å². The Morgan fingerprint density at radius 1 is 1.07 bits per heavy atom. The van der Waals surface area contributed by atoms with Gasteiger partial charge < -0.3 is 4.42 Å². The number of aryl methyl sites for hydroxylation is 3. The number of nitrogens with zero attached hydrogens (tertiary/aromatic N) is 2. The van der Waals surface area contributed by atoms with E-state index in [-0.39, 0.29) is 0 Å². The van der Waals surface area contributed by atoms with Gasteiger partial charge in [-0.25, -0.2) is 9.13 Å². The molecule has 3 heteroatoms. The summed E-state index contributed by atoms with van der Waals surface area (Å²) in [4.78, 5) is 0. The lowest BCUT2D eigenvalue weighted by molar-refractivity contribution is -0.645. The summed E-state index contributed by atoms with van der Waals surface area (Å²) in [6.07, 6.45) is 3.15. The summed E-state index contributed by atoms with van der Waals surface area (Å²) in [5, 5.41) is 5.05. The van der Waals surface area contributed by atoms with Crippen molar-refractivity contribution in [1.82, 2.24) is 4.57 Å². The second-order valence-corrected chi connectivity index (χ2v) is 8.19. The summed E-state index contributed by atoms with van der Waals surface area (Å²) in [5.74, 6) is 0.558. The highest BCUT2D eigenvalue weighted by molar-refractivity contribution is 6.19. The van der Waals surface area contributed by atoms with Gasteiger partial charge in [0.05, 0.1) is 25.7 Å². The predicted molar refractivity (Wildman–Crippen MR) is 112 cm³/mol. The molecule has 0 radical (unpaired) electrons. The van der Waals surface area contributed by atoms with Crippen LogP contribution in [0.25, 0.3) is 43.9 Å². The molecule has 0 aliphatic heterocycles. The van der Waals surface area contributed by atoms with Crippen molar-refractivity contribution in [2.75, 3.05) is 0 Å². The number of hydrogen-bond acceptors (Lipinski definition) is 1. The largest absolute Gasteiger partial charge is 0.452 e. The van der Waals surface area contributed by atoms with Gasteiger partial charge in [0, 0.05) is 16.3 Å². The highest BCUT2D eigenvalue weighted by atomic mass is 16.3. The first kappa shape index (κ1) is 16.4. The van der Waals surface area contributed by atoms with Crippen LogP contribution < -0.4 is 4.57 Å². The molecule has 5 aromatic rings. The summed E-state index contributed by atoms with van der Waals surface area (Å²) in [6, 6.07) is 13.0. The number of hydrogen-bond donors (Lipinski definition) is 0. The van der Waals surface area contributed by atoms with Crippen LogP contribution in [0.4, 0.5) is 0 Å². The molecule has 0 unspecified atom stereocenters. The Hall–Kier alpha value is -2.81. The third-order valence-electron chi connectivity index (χ3n) is 5.78. The maximum Gasteiger partial charge on any atom is 0.289 e. The van der Waals surface area contributed by atoms with Crippen molar-refractivity contribution in [2.24, 2.45) is 20.0 Å². The average Bonchev–Trinajstić information content (AvgIpc) is 3.02. The number of fused-ring (bicyclic) bond motifs is 3. The number of aromatic nitrogens is 2. The van der Waals surface area contributed by atoms with E-state index in [2.05, 4.69) is 86.6 Å². The normalized spacial score (nSPS) is 12.4. The fourth-order valence-corrected chi connectivity index (χ4v) is 4.65. The Kier molecular flexibility index (Phi) is 3.39. The second-order valence-electron chi connectivity index (χ2n) is 8.19. The summed E-state index contributed by atoms with van der Waals surface area (Å²) >= 11 is 0. The number of rotatable bonds is 2. The van der Waals surface area contributed by atoms with Crippen molar-refractivity contribution in [3.63, 3.8) is 0 Å². The fourth-order valence-electron chi connectivity index (χ4n) is 4.65. The Morgan fingerprint density at radius 2 is 1.89 bits per heavy atom. The zero-order valence-corrected chi connectivity index (χ0v) is 16.6. The average molecular weight is 357 g/mol. The van der Waals surface area contributed by atoms with Crippen LogP contribution in [0.1, 0.15) is 25.0 Å². The molecule has 0 N–H and O–H groups in total. The van der Waals surface area contributed by atoms with E-state index < -0.39 is 0 Å². The molecule has 3 nitrogen and oxygen atoms in total. The maximum absolute atomic E-state index is 6.60. The first-order chi connectivity index (χ1) is 13.0. The topological polar surface area (TPSA) is 21.9 Å². The molecule has 136 valence electrons. The highest BCUT2D eigenvalue weighted by Gasteiger charge is 2.25. The molecule has 3 heterocycles. The monoisotopic (exact) mass is 357 g/mol. The molecule has 0 aliphatic carbocycles. The molecule has 5 rings (SSSR count). The molecule has 0 atom stereocenters. The molecule has 3 aromatic heterocycles. The quantitative estimate of drug-likeness (QED) is 0.230. The molecule has 0 saturated heterocycles. The van der Waals surface area contributed by atoms with Gasteiger partial charge in [0.1, 0.15) is 5.58 Å². The Labute approximate surface area is 158 Å². The molecule has 0 aliphatic rings. The van der Waals surface area contributed by atoms with Gasteiger partial charge in [-0.05, 0) is 42.3 Å². The lowest BCUT2D eigenvalue weighted by Crippen LogP contribution is -2.28. The predicted octanol–water partition coefficient (Wildman–Crippen LogP) is 5.56. The highest BCUT2D eigenvalue weighted by Crippen LogP contribution is 2.39. The van der Waals surface area contributed by atoms with E-state index in [9.17, 15) is 0 Å². The molecule has 0 saturated carbocycles. The van der Waals surface area contributed by atoms with Crippen LogP contribution in [0, 0.1) is 12.8 Å². The third-order valence-corrected chi connectivity index (χ3v) is 5.78. The first-order valence-corrected chi connectivity index (χ1v) is 9.67. The number of benzene rings is 2. The minimum atomic E-state index is 0.558. The molecule has 0 amide bonds. The molecule has 0 fully saturated rings. The van der Waals surface area contributed by atoms with E-state index in [1.54, 1.807) is 0 Å². The van der Waals surface area contributed by atoms with E-state index in [1.807, 2.05) is 0 Å². The minimum Gasteiger partial charge on any atom is -0.452 e. The molecule has 0 bridgehead atoms. The summed E-state index contributed by atoms with van der Waals surface area (Å²) < 4.78 is 11.1. The zero-order chi connectivity index (χ0) is 18.9. The van der Waals surface area contributed by atoms with Gasteiger partial charge >= 0.3 is 0 Å². The summed E-state index contributed by atoms with van der Waals surface area (Å²) in [5.41, 5.74) is 7.04. The van der Waals surface area contributed by atoms with Crippen LogP contribution in [-0.4, -0.2) is 4.57 Å². The SMILES string of the molecule is Cc1ccc2cccc3oc4c(CC(C)C)c5cc[n+](C)c5n(C)c4c1c23. The van der Waals surface area contributed by atoms with Crippen molar-refractivity contribution in [2.45, 2.75) is 27.2 Å². The van der Waals surface area contributed by atoms with Crippen LogP contribution >= 0.6 is 0 Å². The smallest absolute Gasteiger partial charge is 0.289 e. The lowest BCUT2D eigenvalue weighted by atomic mass is 9.95. The van der Waals surface area contributed by atoms with Crippen LogP contribution in [0.15, 0.2) is 47.0 Å². The molecule has 0 spiro atoms. The third kappa shape index (κ3) is 2.18. The van der Waals surface area contributed by atoms with Crippen molar-refractivity contribution < 1.29 is 8.98 Å². The molecular formula is C24H25N2O+. The fraction of sp³-hybridized carbons (Fsp3) is 0.292. The van der Waals surface area contributed by atoms with Gasteiger partial charge in [-0.3, -0.25) is 0 Å². The van der Waals surface area contributed by atoms with Crippen LogP contribution in [0.5, 0.6) is 0 Å². The Morgan fingerprint density at radius 3 is 2.67 bits per heavy atom. The molecule has 27 heavy (non-hydrogen) atoms. The number of pyridine rings is 1. The zero-order valence-electron chi connectivity index (χ0n) is 16.6. The van der Waals surface area contributed by atoms with Crippen LogP contribution in [0.2, 0.25) is 0 Å². The maximum atomic E-state index is 6.60. The van der Waals surface area contributed by atoms with E-state index in [0.29, 0.717) is 5.92 Å². The van der Waals surface area contributed by atoms with E-state index in [0.717, 1.165) is 17.6 Å². The minimum absolute atomic E-state index is 0.558. The van der Waals surface area contributed by atoms with Crippen molar-refractivity contribution in [3.05, 3.63) is 53.7 Å². The van der Waals surface area contributed by atoms with Gasteiger partial charge in [-0.2, -0.15) is 0 Å². The van der Waals surface area contributed by atoms with Crippen molar-refractivity contribution in [1.29, 1.82) is 0 Å². The van der Waals surface area contributed by atoms with E-state index in [1.165, 1.54) is 43.8 Å². The second kappa shape index (κ2) is 5.59. The molecule has 2 aromatic carbocycles. The first-order valence-electron chi connectivity index (χ1n) is 9.67. The van der Waals surface area contributed by atoms with E-state index in [4.69, 9.17) is 4.42 Å². The van der Waals surface area contributed by atoms with Crippen LogP contribution in [0.3, 0.4) is 0 Å².